The third kappa shape index (κ3) is 5.16. The Morgan fingerprint density at radius 1 is 1.12 bits per heavy atom. The second kappa shape index (κ2) is 9.96. The third-order valence-electron chi connectivity index (χ3n) is 8.21. The molecular weight excluding hydrogens is 417 g/mol. The third-order valence-corrected chi connectivity index (χ3v) is 8.21. The zero-order valence-corrected chi connectivity index (χ0v) is 20.4. The van der Waals surface area contributed by atoms with Gasteiger partial charge in [0.1, 0.15) is 5.82 Å². The number of allylic oxidation sites excluding steroid dienone is 1. The Kier molecular flexibility index (Phi) is 7.22. The molecule has 5 rings (SSSR count). The summed E-state index contributed by atoms with van der Waals surface area (Å²) in [6, 6.07) is 5.89. The summed E-state index contributed by atoms with van der Waals surface area (Å²) in [5, 5.41) is 0. The number of carbonyl (C=O) groups excluding carboxylic acids is 2. The van der Waals surface area contributed by atoms with Crippen LogP contribution in [0, 0.1) is 23.1 Å². The number of amides is 2. The molecule has 1 saturated carbocycles. The second-order valence-electron chi connectivity index (χ2n) is 10.5. The Labute approximate surface area is 197 Å². The van der Waals surface area contributed by atoms with Crippen LogP contribution in [0.15, 0.2) is 35.9 Å². The lowest BCUT2D eigenvalue weighted by molar-refractivity contribution is -0.133. The molecule has 2 fully saturated rings. The summed E-state index contributed by atoms with van der Waals surface area (Å²) in [5.41, 5.74) is 2.23. The van der Waals surface area contributed by atoms with Crippen molar-refractivity contribution in [3.05, 3.63) is 47.3 Å². The highest BCUT2D eigenvalue weighted by Gasteiger charge is 2.51. The minimum atomic E-state index is -0.328. The van der Waals surface area contributed by atoms with Gasteiger partial charge in [0.15, 0.2) is 0 Å². The first-order chi connectivity index (χ1) is 15.8. The Morgan fingerprint density at radius 3 is 2.42 bits per heavy atom. The molecule has 33 heavy (non-hydrogen) atoms. The van der Waals surface area contributed by atoms with E-state index in [-0.39, 0.29) is 17.6 Å². The van der Waals surface area contributed by atoms with Crippen LogP contribution >= 0.6 is 0 Å². The number of hydrogen-bond donors (Lipinski definition) is 0. The quantitative estimate of drug-likeness (QED) is 0.552. The van der Waals surface area contributed by atoms with Gasteiger partial charge in [0.2, 0.25) is 5.91 Å². The molecule has 6 heteroatoms. The average Bonchev–Trinajstić information content (AvgIpc) is 2.82. The SMILES string of the molecule is CCCC(=O)N1CCN(CCN(CC2=CCC3CC2C3(C)C)C(=O)c2ccc(F)cc2)CC1. The minimum absolute atomic E-state index is 0.0353. The van der Waals surface area contributed by atoms with Crippen molar-refractivity contribution < 1.29 is 14.0 Å². The summed E-state index contributed by atoms with van der Waals surface area (Å²) in [6.07, 6.45) is 6.19. The first-order valence-electron chi connectivity index (χ1n) is 12.5. The molecule has 2 amide bonds. The van der Waals surface area contributed by atoms with Crippen LogP contribution in [0.2, 0.25) is 0 Å². The van der Waals surface area contributed by atoms with Crippen LogP contribution in [0.25, 0.3) is 0 Å². The van der Waals surface area contributed by atoms with Gasteiger partial charge in [-0.2, -0.15) is 0 Å². The maximum Gasteiger partial charge on any atom is 0.254 e. The first kappa shape index (κ1) is 23.9. The van der Waals surface area contributed by atoms with Gasteiger partial charge >= 0.3 is 0 Å². The maximum atomic E-state index is 13.4. The van der Waals surface area contributed by atoms with Gasteiger partial charge in [0.05, 0.1) is 0 Å². The number of halogens is 1. The Morgan fingerprint density at radius 2 is 1.82 bits per heavy atom. The van der Waals surface area contributed by atoms with E-state index in [0.717, 1.165) is 51.5 Å². The van der Waals surface area contributed by atoms with Gasteiger partial charge in [-0.05, 0) is 60.8 Å². The first-order valence-corrected chi connectivity index (χ1v) is 12.5. The topological polar surface area (TPSA) is 43.9 Å². The molecule has 2 atom stereocenters. The van der Waals surface area contributed by atoms with E-state index < -0.39 is 0 Å². The summed E-state index contributed by atoms with van der Waals surface area (Å²) in [7, 11) is 0. The number of benzene rings is 1. The fraction of sp³-hybridized carbons (Fsp3) is 0.630. The average molecular weight is 456 g/mol. The van der Waals surface area contributed by atoms with Crippen LogP contribution in [0.1, 0.15) is 56.8 Å². The van der Waals surface area contributed by atoms with Crippen molar-refractivity contribution >= 4 is 11.8 Å². The number of fused-ring (bicyclic) bond motifs is 1. The van der Waals surface area contributed by atoms with Crippen LogP contribution in [0.3, 0.4) is 0 Å². The maximum absolute atomic E-state index is 13.4. The molecule has 0 aromatic heterocycles. The molecule has 1 aromatic carbocycles. The number of hydrogen-bond acceptors (Lipinski definition) is 3. The summed E-state index contributed by atoms with van der Waals surface area (Å²) in [5.74, 6) is 1.20. The van der Waals surface area contributed by atoms with Crippen molar-refractivity contribution in [3.63, 3.8) is 0 Å². The van der Waals surface area contributed by atoms with E-state index in [0.29, 0.717) is 36.4 Å². The zero-order valence-electron chi connectivity index (χ0n) is 20.4. The molecule has 1 heterocycles. The molecule has 0 radical (unpaired) electrons. The van der Waals surface area contributed by atoms with E-state index in [1.165, 1.54) is 24.1 Å². The van der Waals surface area contributed by atoms with Crippen molar-refractivity contribution in [1.29, 1.82) is 0 Å². The van der Waals surface area contributed by atoms with Gasteiger partial charge < -0.3 is 9.80 Å². The monoisotopic (exact) mass is 455 g/mol. The molecule has 0 N–H and O–H groups in total. The van der Waals surface area contributed by atoms with E-state index in [9.17, 15) is 14.0 Å². The number of rotatable bonds is 8. The lowest BCUT2D eigenvalue weighted by atomic mass is 9.49. The molecule has 1 aliphatic heterocycles. The molecule has 1 aromatic rings. The normalized spacial score (nSPS) is 24.1. The van der Waals surface area contributed by atoms with E-state index >= 15 is 0 Å². The number of nitrogens with zero attached hydrogens (tertiary/aromatic N) is 3. The molecular formula is C27H38FN3O2. The molecule has 1 saturated heterocycles. The summed E-state index contributed by atoms with van der Waals surface area (Å²) in [4.78, 5) is 31.8. The van der Waals surface area contributed by atoms with Gasteiger partial charge in [-0.3, -0.25) is 14.5 Å². The lowest BCUT2D eigenvalue weighted by Crippen LogP contribution is -2.52. The van der Waals surface area contributed by atoms with Crippen LogP contribution in [-0.4, -0.2) is 72.3 Å². The van der Waals surface area contributed by atoms with E-state index in [4.69, 9.17) is 0 Å². The van der Waals surface area contributed by atoms with E-state index in [1.807, 2.05) is 16.7 Å². The van der Waals surface area contributed by atoms with Crippen molar-refractivity contribution in [2.24, 2.45) is 17.3 Å². The summed E-state index contributed by atoms with van der Waals surface area (Å²) >= 11 is 0. The van der Waals surface area contributed by atoms with Crippen LogP contribution in [0.4, 0.5) is 4.39 Å². The highest BCUT2D eigenvalue weighted by molar-refractivity contribution is 5.94. The Bertz CT molecular complexity index is 887. The standard InChI is InChI=1S/C27H38FN3O2/c1-4-5-25(32)30-15-12-29(13-16-30)14-17-31(26(33)20-7-10-23(28)11-8-20)19-21-6-9-22-18-24(21)27(22,2)3/h6-8,10-11,22,24H,4-5,9,12-19H2,1-3H3. The Balaban J connectivity index is 1.40. The number of piperazine rings is 1. The molecule has 5 nitrogen and oxygen atoms in total. The van der Waals surface area contributed by atoms with Crippen molar-refractivity contribution in [3.8, 4) is 0 Å². The molecule has 4 aliphatic rings. The zero-order chi connectivity index (χ0) is 23.6. The van der Waals surface area contributed by atoms with Crippen molar-refractivity contribution in [2.75, 3.05) is 45.8 Å². The van der Waals surface area contributed by atoms with Gasteiger partial charge in [-0.1, -0.05) is 32.4 Å². The van der Waals surface area contributed by atoms with Gasteiger partial charge in [0.25, 0.3) is 5.91 Å². The van der Waals surface area contributed by atoms with Crippen LogP contribution in [-0.2, 0) is 4.79 Å². The molecule has 2 bridgehead atoms. The smallest absolute Gasteiger partial charge is 0.254 e. The number of carbonyl (C=O) groups is 2. The lowest BCUT2D eigenvalue weighted by Gasteiger charge is -2.57. The van der Waals surface area contributed by atoms with E-state index in [2.05, 4.69) is 24.8 Å². The fourth-order valence-corrected chi connectivity index (χ4v) is 5.76. The van der Waals surface area contributed by atoms with Gasteiger partial charge in [-0.25, -0.2) is 4.39 Å². The largest absolute Gasteiger partial charge is 0.340 e. The predicted molar refractivity (Wildman–Crippen MR) is 128 cm³/mol. The molecule has 180 valence electrons. The molecule has 2 unspecified atom stereocenters. The highest BCUT2D eigenvalue weighted by Crippen LogP contribution is 2.59. The van der Waals surface area contributed by atoms with E-state index in [1.54, 1.807) is 12.1 Å². The highest BCUT2D eigenvalue weighted by atomic mass is 19.1. The summed E-state index contributed by atoms with van der Waals surface area (Å²) in [6.45, 7) is 12.0. The fourth-order valence-electron chi connectivity index (χ4n) is 5.76. The van der Waals surface area contributed by atoms with Crippen molar-refractivity contribution in [2.45, 2.75) is 46.5 Å². The molecule has 3 aliphatic carbocycles. The molecule has 0 spiro atoms. The minimum Gasteiger partial charge on any atom is -0.340 e. The summed E-state index contributed by atoms with van der Waals surface area (Å²) < 4.78 is 13.4. The van der Waals surface area contributed by atoms with Crippen LogP contribution < -0.4 is 0 Å². The van der Waals surface area contributed by atoms with Crippen LogP contribution in [0.5, 0.6) is 0 Å². The van der Waals surface area contributed by atoms with Gasteiger partial charge in [0, 0.05) is 57.8 Å². The van der Waals surface area contributed by atoms with Crippen molar-refractivity contribution in [1.82, 2.24) is 14.7 Å². The second-order valence-corrected chi connectivity index (χ2v) is 10.5. The predicted octanol–water partition coefficient (Wildman–Crippen LogP) is 4.20. The Hall–Kier alpha value is -2.21. The van der Waals surface area contributed by atoms with Gasteiger partial charge in [-0.15, -0.1) is 0 Å².